The number of nitrogens with zero attached hydrogens (tertiary/aromatic N) is 5. The van der Waals surface area contributed by atoms with Crippen LogP contribution >= 0.6 is 0 Å². The van der Waals surface area contributed by atoms with Crippen molar-refractivity contribution in [3.63, 3.8) is 0 Å². The first-order valence-corrected chi connectivity index (χ1v) is 10.7. The Hall–Kier alpha value is -3.43. The largest absolute Gasteiger partial charge is 0.370 e. The van der Waals surface area contributed by atoms with E-state index < -0.39 is 0 Å². The molecule has 0 unspecified atom stereocenters. The summed E-state index contributed by atoms with van der Waals surface area (Å²) in [6, 6.07) is 16.8. The first kappa shape index (κ1) is 19.5. The molecule has 2 aliphatic heterocycles. The number of aryl methyl sites for hydroxylation is 1. The second-order valence-corrected chi connectivity index (χ2v) is 8.16. The predicted octanol–water partition coefficient (Wildman–Crippen LogP) is 3.80. The zero-order valence-corrected chi connectivity index (χ0v) is 17.7. The fourth-order valence-corrected chi connectivity index (χ4v) is 4.48. The van der Waals surface area contributed by atoms with E-state index in [1.807, 2.05) is 25.3 Å². The normalized spacial score (nSPS) is 18.4. The fraction of sp³-hybridized carbons (Fsp3) is 0.320. The molecule has 0 spiro atoms. The van der Waals surface area contributed by atoms with Gasteiger partial charge in [-0.05, 0) is 35.7 Å². The van der Waals surface area contributed by atoms with Gasteiger partial charge in [-0.1, -0.05) is 30.3 Å². The molecule has 6 heteroatoms. The summed E-state index contributed by atoms with van der Waals surface area (Å²) in [5, 5.41) is 9.11. The molecule has 0 aliphatic carbocycles. The number of anilines is 2. The van der Waals surface area contributed by atoms with Crippen LogP contribution in [0, 0.1) is 18.3 Å². The van der Waals surface area contributed by atoms with E-state index in [4.69, 9.17) is 15.0 Å². The van der Waals surface area contributed by atoms with Gasteiger partial charge in [0.1, 0.15) is 18.0 Å². The minimum Gasteiger partial charge on any atom is -0.370 e. The zero-order chi connectivity index (χ0) is 21.2. The molecule has 2 aromatic heterocycles. The number of hydrogen-bond acceptors (Lipinski definition) is 6. The monoisotopic (exact) mass is 411 g/mol. The number of aromatic nitrogens is 2. The summed E-state index contributed by atoms with van der Waals surface area (Å²) in [4.78, 5) is 14.0. The average molecular weight is 412 g/mol. The molecule has 5 rings (SSSR count). The molecule has 2 aliphatic rings. The Morgan fingerprint density at radius 1 is 1.06 bits per heavy atom. The second-order valence-electron chi connectivity index (χ2n) is 8.16. The van der Waals surface area contributed by atoms with Gasteiger partial charge in [0.25, 0.3) is 0 Å². The van der Waals surface area contributed by atoms with Crippen LogP contribution in [0.1, 0.15) is 34.1 Å². The van der Waals surface area contributed by atoms with Crippen molar-refractivity contribution >= 4 is 11.5 Å². The lowest BCUT2D eigenvalue weighted by Gasteiger charge is -2.36. The van der Waals surface area contributed by atoms with E-state index in [1.54, 1.807) is 6.20 Å². The van der Waals surface area contributed by atoms with Gasteiger partial charge in [0, 0.05) is 44.5 Å². The van der Waals surface area contributed by atoms with Gasteiger partial charge in [0.15, 0.2) is 0 Å². The number of pyridine rings is 2. The minimum atomic E-state index is 0.0768. The summed E-state index contributed by atoms with van der Waals surface area (Å²) in [6.07, 6.45) is 4.64. The molecule has 1 atom stereocenters. The maximum atomic E-state index is 9.11. The number of benzene rings is 1. The number of fused-ring (bicyclic) bond motifs is 1. The summed E-state index contributed by atoms with van der Waals surface area (Å²) < 4.78 is 6.03. The topological polar surface area (TPSA) is 65.3 Å². The highest BCUT2D eigenvalue weighted by atomic mass is 16.5. The highest BCUT2D eigenvalue weighted by Gasteiger charge is 2.25. The molecule has 0 saturated carbocycles. The van der Waals surface area contributed by atoms with Gasteiger partial charge in [-0.2, -0.15) is 5.26 Å². The Bertz CT molecular complexity index is 1120. The van der Waals surface area contributed by atoms with Crippen molar-refractivity contribution in [3.05, 3.63) is 82.8 Å². The molecule has 1 fully saturated rings. The van der Waals surface area contributed by atoms with Crippen molar-refractivity contribution in [2.75, 3.05) is 36.0 Å². The van der Waals surface area contributed by atoms with Crippen LogP contribution < -0.4 is 9.80 Å². The number of morpholine rings is 1. The standard InChI is InChI=1S/C25H25N5O/c1-18-11-19(13-26)14-28-25(18)30-8-7-23-21(16-30)12-22(15-27-23)29-9-10-31-24(17-29)20-5-3-2-4-6-20/h2-6,11-12,14-15,24H,7-10,16-17H2,1H3/t24-/m1/s1. The maximum Gasteiger partial charge on any atom is 0.131 e. The smallest absolute Gasteiger partial charge is 0.131 e. The van der Waals surface area contributed by atoms with E-state index in [1.165, 1.54) is 16.8 Å². The summed E-state index contributed by atoms with van der Waals surface area (Å²) in [5.74, 6) is 0.950. The van der Waals surface area contributed by atoms with Gasteiger partial charge in [-0.3, -0.25) is 4.98 Å². The molecule has 1 aromatic carbocycles. The Labute approximate surface area is 182 Å². The van der Waals surface area contributed by atoms with Crippen molar-refractivity contribution in [1.82, 2.24) is 9.97 Å². The quantitative estimate of drug-likeness (QED) is 0.653. The van der Waals surface area contributed by atoms with Crippen molar-refractivity contribution in [3.8, 4) is 6.07 Å². The number of ether oxygens (including phenoxy) is 1. The third-order valence-corrected chi connectivity index (χ3v) is 6.11. The number of nitriles is 1. The Kier molecular flexibility index (Phi) is 5.27. The van der Waals surface area contributed by atoms with Crippen LogP contribution in [0.5, 0.6) is 0 Å². The van der Waals surface area contributed by atoms with E-state index in [0.29, 0.717) is 12.2 Å². The summed E-state index contributed by atoms with van der Waals surface area (Å²) in [6.45, 7) is 6.07. The van der Waals surface area contributed by atoms with Crippen LogP contribution in [-0.2, 0) is 17.7 Å². The molecule has 6 nitrogen and oxygen atoms in total. The van der Waals surface area contributed by atoms with Gasteiger partial charge in [0.2, 0.25) is 0 Å². The van der Waals surface area contributed by atoms with Crippen LogP contribution in [0.25, 0.3) is 0 Å². The molecule has 1 saturated heterocycles. The Morgan fingerprint density at radius 2 is 1.94 bits per heavy atom. The minimum absolute atomic E-state index is 0.0768. The lowest BCUT2D eigenvalue weighted by Crippen LogP contribution is -2.39. The highest BCUT2D eigenvalue weighted by molar-refractivity contribution is 5.54. The first-order chi connectivity index (χ1) is 15.2. The number of rotatable bonds is 3. The first-order valence-electron chi connectivity index (χ1n) is 10.7. The lowest BCUT2D eigenvalue weighted by molar-refractivity contribution is 0.0398. The van der Waals surface area contributed by atoms with Gasteiger partial charge in [0.05, 0.1) is 24.1 Å². The van der Waals surface area contributed by atoms with E-state index in [2.05, 4.69) is 51.2 Å². The van der Waals surface area contributed by atoms with Crippen LogP contribution in [0.15, 0.2) is 54.9 Å². The number of hydrogen-bond donors (Lipinski definition) is 0. The highest BCUT2D eigenvalue weighted by Crippen LogP contribution is 2.30. The zero-order valence-electron chi connectivity index (χ0n) is 17.7. The van der Waals surface area contributed by atoms with Gasteiger partial charge >= 0.3 is 0 Å². The fourth-order valence-electron chi connectivity index (χ4n) is 4.48. The van der Waals surface area contributed by atoms with E-state index in [9.17, 15) is 0 Å². The van der Waals surface area contributed by atoms with Gasteiger partial charge in [-0.15, -0.1) is 0 Å². The predicted molar refractivity (Wildman–Crippen MR) is 120 cm³/mol. The third kappa shape index (κ3) is 3.97. The second kappa shape index (κ2) is 8.37. The maximum absolute atomic E-state index is 9.11. The SMILES string of the molecule is Cc1cc(C#N)cnc1N1CCc2ncc(N3CCO[C@@H](c4ccccc4)C3)cc2C1. The molecular formula is C25H25N5O. The van der Waals surface area contributed by atoms with Crippen molar-refractivity contribution in [1.29, 1.82) is 5.26 Å². The molecule has 0 radical (unpaired) electrons. The van der Waals surface area contributed by atoms with E-state index in [-0.39, 0.29) is 6.10 Å². The Balaban J connectivity index is 1.36. The molecule has 4 heterocycles. The summed E-state index contributed by atoms with van der Waals surface area (Å²) >= 11 is 0. The molecule has 0 N–H and O–H groups in total. The van der Waals surface area contributed by atoms with Gasteiger partial charge in [-0.25, -0.2) is 4.98 Å². The van der Waals surface area contributed by atoms with Crippen LogP contribution in [0.3, 0.4) is 0 Å². The molecule has 0 amide bonds. The van der Waals surface area contributed by atoms with Crippen molar-refractivity contribution in [2.45, 2.75) is 26.0 Å². The summed E-state index contributed by atoms with van der Waals surface area (Å²) in [7, 11) is 0. The lowest BCUT2D eigenvalue weighted by atomic mass is 10.0. The molecule has 31 heavy (non-hydrogen) atoms. The molecule has 0 bridgehead atoms. The van der Waals surface area contributed by atoms with Crippen LogP contribution in [0.2, 0.25) is 0 Å². The van der Waals surface area contributed by atoms with Crippen molar-refractivity contribution in [2.24, 2.45) is 0 Å². The third-order valence-electron chi connectivity index (χ3n) is 6.11. The van der Waals surface area contributed by atoms with E-state index >= 15 is 0 Å². The van der Waals surface area contributed by atoms with Crippen LogP contribution in [0.4, 0.5) is 11.5 Å². The van der Waals surface area contributed by atoms with Crippen LogP contribution in [-0.4, -0.2) is 36.2 Å². The Morgan fingerprint density at radius 3 is 2.74 bits per heavy atom. The molecule has 3 aromatic rings. The van der Waals surface area contributed by atoms with E-state index in [0.717, 1.165) is 49.7 Å². The molecule has 156 valence electrons. The van der Waals surface area contributed by atoms with Gasteiger partial charge < -0.3 is 14.5 Å². The van der Waals surface area contributed by atoms with Crippen molar-refractivity contribution < 1.29 is 4.74 Å². The molecular weight excluding hydrogens is 386 g/mol. The average Bonchev–Trinajstić information content (AvgIpc) is 2.84. The summed E-state index contributed by atoms with van der Waals surface area (Å²) in [5.41, 5.74) is 6.41.